The minimum atomic E-state index is -0.126. The molecule has 2 aromatic carbocycles. The molecule has 20 heavy (non-hydrogen) atoms. The molecule has 1 N–H and O–H groups in total. The van der Waals surface area contributed by atoms with Crippen LogP contribution in [0.25, 0.3) is 23.1 Å². The molecular formula is C17H12O3. The number of phenolic OH excluding ortho intramolecular Hbond substituents is 1. The van der Waals surface area contributed by atoms with Crippen molar-refractivity contribution in [2.75, 3.05) is 0 Å². The number of benzene rings is 2. The fraction of sp³-hybridized carbons (Fsp3) is 0. The van der Waals surface area contributed by atoms with Crippen molar-refractivity contribution in [1.82, 2.24) is 0 Å². The Labute approximate surface area is 115 Å². The Morgan fingerprint density at radius 3 is 2.55 bits per heavy atom. The summed E-state index contributed by atoms with van der Waals surface area (Å²) in [6.07, 6.45) is 3.60. The van der Waals surface area contributed by atoms with Gasteiger partial charge in [0.05, 0.1) is 5.39 Å². The molecule has 98 valence electrons. The maximum Gasteiger partial charge on any atom is 0.193 e. The van der Waals surface area contributed by atoms with Crippen molar-refractivity contribution in [3.05, 3.63) is 76.1 Å². The van der Waals surface area contributed by atoms with Crippen molar-refractivity contribution in [1.29, 1.82) is 0 Å². The van der Waals surface area contributed by atoms with E-state index in [2.05, 4.69) is 0 Å². The normalized spacial score (nSPS) is 11.2. The Balaban J connectivity index is 2.05. The first-order valence-electron chi connectivity index (χ1n) is 6.22. The van der Waals surface area contributed by atoms with E-state index in [0.717, 1.165) is 5.56 Å². The third kappa shape index (κ3) is 2.47. The lowest BCUT2D eigenvalue weighted by Gasteiger charge is -1.99. The van der Waals surface area contributed by atoms with Crippen molar-refractivity contribution in [2.24, 2.45) is 0 Å². The molecule has 3 nitrogen and oxygen atoms in total. The molecule has 0 aliphatic carbocycles. The zero-order chi connectivity index (χ0) is 13.9. The highest BCUT2D eigenvalue weighted by Gasteiger charge is 2.03. The van der Waals surface area contributed by atoms with Gasteiger partial charge in [0.2, 0.25) is 0 Å². The van der Waals surface area contributed by atoms with Gasteiger partial charge in [0, 0.05) is 12.1 Å². The van der Waals surface area contributed by atoms with Crippen LogP contribution in [0.5, 0.6) is 5.75 Å². The van der Waals surface area contributed by atoms with Gasteiger partial charge in [0.15, 0.2) is 5.43 Å². The first-order valence-corrected chi connectivity index (χ1v) is 6.22. The number of fused-ring (bicyclic) bond motifs is 1. The summed E-state index contributed by atoms with van der Waals surface area (Å²) in [5.74, 6) is 0.529. The van der Waals surface area contributed by atoms with Crippen molar-refractivity contribution >= 4 is 23.1 Å². The van der Waals surface area contributed by atoms with Crippen molar-refractivity contribution in [2.45, 2.75) is 0 Å². The van der Waals surface area contributed by atoms with Crippen LogP contribution < -0.4 is 5.43 Å². The summed E-state index contributed by atoms with van der Waals surface area (Å²) in [5, 5.41) is 9.90. The topological polar surface area (TPSA) is 50.4 Å². The summed E-state index contributed by atoms with van der Waals surface area (Å²) in [5.41, 5.74) is 1.27. The smallest absolute Gasteiger partial charge is 0.193 e. The highest BCUT2D eigenvalue weighted by atomic mass is 16.3. The zero-order valence-corrected chi connectivity index (χ0v) is 10.6. The molecule has 0 saturated carbocycles. The lowest BCUT2D eigenvalue weighted by atomic mass is 10.2. The summed E-state index contributed by atoms with van der Waals surface area (Å²) >= 11 is 0. The molecule has 3 aromatic rings. The van der Waals surface area contributed by atoms with E-state index in [-0.39, 0.29) is 11.2 Å². The highest BCUT2D eigenvalue weighted by Crippen LogP contribution is 2.19. The summed E-state index contributed by atoms with van der Waals surface area (Å²) < 4.78 is 5.60. The summed E-state index contributed by atoms with van der Waals surface area (Å²) in [6.45, 7) is 0. The van der Waals surface area contributed by atoms with E-state index in [1.807, 2.05) is 36.4 Å². The molecule has 0 atom stereocenters. The molecule has 0 aliphatic heterocycles. The Kier molecular flexibility index (Phi) is 3.09. The second-order valence-corrected chi connectivity index (χ2v) is 4.44. The van der Waals surface area contributed by atoms with Crippen LogP contribution in [0.2, 0.25) is 0 Å². The molecule has 0 bridgehead atoms. The maximum atomic E-state index is 11.9. The van der Waals surface area contributed by atoms with Gasteiger partial charge in [-0.05, 0) is 23.8 Å². The van der Waals surface area contributed by atoms with Gasteiger partial charge in [-0.1, -0.05) is 36.4 Å². The fourth-order valence-corrected chi connectivity index (χ4v) is 1.99. The van der Waals surface area contributed by atoms with Crippen LogP contribution in [0.15, 0.2) is 63.8 Å². The summed E-state index contributed by atoms with van der Waals surface area (Å²) in [6, 6.07) is 15.6. The minimum Gasteiger partial charge on any atom is -0.508 e. The maximum absolute atomic E-state index is 11.9. The predicted molar refractivity (Wildman–Crippen MR) is 79.5 cm³/mol. The molecule has 0 radical (unpaired) electrons. The van der Waals surface area contributed by atoms with Crippen LogP contribution in [-0.4, -0.2) is 5.11 Å². The fourth-order valence-electron chi connectivity index (χ4n) is 1.99. The number of rotatable bonds is 2. The van der Waals surface area contributed by atoms with Crippen molar-refractivity contribution in [3.63, 3.8) is 0 Å². The Morgan fingerprint density at radius 1 is 0.950 bits per heavy atom. The minimum absolute atomic E-state index is 0.0739. The second-order valence-electron chi connectivity index (χ2n) is 4.44. The largest absolute Gasteiger partial charge is 0.508 e. The third-order valence-electron chi connectivity index (χ3n) is 2.97. The van der Waals surface area contributed by atoms with Crippen LogP contribution in [0.1, 0.15) is 11.3 Å². The number of phenols is 1. The van der Waals surface area contributed by atoms with Gasteiger partial charge < -0.3 is 9.52 Å². The quantitative estimate of drug-likeness (QED) is 0.768. The van der Waals surface area contributed by atoms with Crippen molar-refractivity contribution in [3.8, 4) is 5.75 Å². The molecular weight excluding hydrogens is 252 g/mol. The Hall–Kier alpha value is -2.81. The summed E-state index contributed by atoms with van der Waals surface area (Å²) in [7, 11) is 0. The van der Waals surface area contributed by atoms with Crippen molar-refractivity contribution < 1.29 is 9.52 Å². The van der Waals surface area contributed by atoms with Gasteiger partial charge in [-0.25, -0.2) is 0 Å². The van der Waals surface area contributed by atoms with Crippen LogP contribution in [-0.2, 0) is 0 Å². The SMILES string of the molecule is O=c1cc(/C=C/c2ccccc2)oc2cc(O)ccc12. The van der Waals surface area contributed by atoms with Crippen LogP contribution >= 0.6 is 0 Å². The van der Waals surface area contributed by atoms with Crippen LogP contribution in [0.4, 0.5) is 0 Å². The molecule has 0 saturated heterocycles. The number of hydrogen-bond acceptors (Lipinski definition) is 3. The first kappa shape index (κ1) is 12.2. The molecule has 0 amide bonds. The number of aromatic hydroxyl groups is 1. The molecule has 1 heterocycles. The van der Waals surface area contributed by atoms with Crippen LogP contribution in [0, 0.1) is 0 Å². The van der Waals surface area contributed by atoms with E-state index >= 15 is 0 Å². The lowest BCUT2D eigenvalue weighted by Crippen LogP contribution is -1.99. The molecule has 0 unspecified atom stereocenters. The predicted octanol–water partition coefficient (Wildman–Crippen LogP) is 3.67. The molecule has 1 aromatic heterocycles. The highest BCUT2D eigenvalue weighted by molar-refractivity contribution is 5.79. The van der Waals surface area contributed by atoms with E-state index in [1.165, 1.54) is 18.2 Å². The average molecular weight is 264 g/mol. The lowest BCUT2D eigenvalue weighted by molar-refractivity contribution is 0.474. The molecule has 3 heteroatoms. The first-order chi connectivity index (χ1) is 9.72. The Morgan fingerprint density at radius 2 is 1.75 bits per heavy atom. The average Bonchev–Trinajstić information content (AvgIpc) is 2.46. The third-order valence-corrected chi connectivity index (χ3v) is 2.97. The molecule has 3 rings (SSSR count). The van der Waals surface area contributed by atoms with Gasteiger partial charge in [0.25, 0.3) is 0 Å². The number of hydrogen-bond donors (Lipinski definition) is 1. The monoisotopic (exact) mass is 264 g/mol. The van der Waals surface area contributed by atoms with E-state index < -0.39 is 0 Å². The standard InChI is InChI=1S/C17H12O3/c18-13-7-9-15-16(19)11-14(20-17(15)10-13)8-6-12-4-2-1-3-5-12/h1-11,18H/b8-6+. The van der Waals surface area contributed by atoms with Gasteiger partial charge in [-0.15, -0.1) is 0 Å². The van der Waals surface area contributed by atoms with Gasteiger partial charge in [-0.3, -0.25) is 4.79 Å². The van der Waals surface area contributed by atoms with E-state index in [4.69, 9.17) is 4.42 Å². The van der Waals surface area contributed by atoms with Gasteiger partial charge >= 0.3 is 0 Å². The molecule has 0 fully saturated rings. The summed E-state index contributed by atoms with van der Waals surface area (Å²) in [4.78, 5) is 11.9. The second kappa shape index (κ2) is 5.05. The van der Waals surface area contributed by atoms with E-state index in [0.29, 0.717) is 16.7 Å². The Bertz CT molecular complexity index is 830. The van der Waals surface area contributed by atoms with Crippen LogP contribution in [0.3, 0.4) is 0 Å². The molecule has 0 aliphatic rings. The van der Waals surface area contributed by atoms with Gasteiger partial charge in [0.1, 0.15) is 17.1 Å². The van der Waals surface area contributed by atoms with Gasteiger partial charge in [-0.2, -0.15) is 0 Å². The zero-order valence-electron chi connectivity index (χ0n) is 10.6. The molecule has 0 spiro atoms. The van der Waals surface area contributed by atoms with E-state index in [1.54, 1.807) is 12.1 Å². The van der Waals surface area contributed by atoms with E-state index in [9.17, 15) is 9.90 Å².